The lowest BCUT2D eigenvalue weighted by Crippen LogP contribution is -2.44. The monoisotopic (exact) mass is 322 g/mol. The Kier molecular flexibility index (Phi) is 3.68. The summed E-state index contributed by atoms with van der Waals surface area (Å²) < 4.78 is 0. The van der Waals surface area contributed by atoms with Gasteiger partial charge in [0.1, 0.15) is 0 Å². The fraction of sp³-hybridized carbons (Fsp3) is 0.550. The Bertz CT molecular complexity index is 661. The van der Waals surface area contributed by atoms with Crippen LogP contribution in [0.2, 0.25) is 0 Å². The summed E-state index contributed by atoms with van der Waals surface area (Å²) >= 11 is 0. The standard InChI is InChI=1S/C20H26N4/c1-2-4-16(5-3-1)13-22-9-8-19-18(15-22)12-21-20-23(10-11-24(19)20)14-17-6-7-17/h1-5,12,17,20H,6-11,13-15H2. The minimum atomic E-state index is 0.296. The number of hydrogen-bond donors (Lipinski definition) is 0. The lowest BCUT2D eigenvalue weighted by molar-refractivity contribution is 0.149. The van der Waals surface area contributed by atoms with Crippen molar-refractivity contribution >= 4 is 6.21 Å². The molecule has 1 saturated carbocycles. The first-order valence-electron chi connectivity index (χ1n) is 9.39. The molecule has 1 unspecified atom stereocenters. The van der Waals surface area contributed by atoms with Crippen molar-refractivity contribution in [1.82, 2.24) is 14.7 Å². The molecule has 1 aliphatic carbocycles. The van der Waals surface area contributed by atoms with Crippen LogP contribution in [0.5, 0.6) is 0 Å². The molecule has 0 amide bonds. The van der Waals surface area contributed by atoms with E-state index >= 15 is 0 Å². The van der Waals surface area contributed by atoms with Crippen molar-refractivity contribution in [1.29, 1.82) is 0 Å². The summed E-state index contributed by atoms with van der Waals surface area (Å²) in [4.78, 5) is 12.6. The molecule has 1 atom stereocenters. The maximum atomic E-state index is 4.92. The Morgan fingerprint density at radius 3 is 2.75 bits per heavy atom. The highest BCUT2D eigenvalue weighted by atomic mass is 15.5. The maximum Gasteiger partial charge on any atom is 0.178 e. The van der Waals surface area contributed by atoms with Gasteiger partial charge in [0.05, 0.1) is 0 Å². The van der Waals surface area contributed by atoms with Crippen molar-refractivity contribution in [3.05, 3.63) is 47.2 Å². The van der Waals surface area contributed by atoms with E-state index in [9.17, 15) is 0 Å². The Hall–Kier alpha value is -1.65. The van der Waals surface area contributed by atoms with E-state index in [-0.39, 0.29) is 0 Å². The summed E-state index contributed by atoms with van der Waals surface area (Å²) in [5.74, 6) is 0.947. The van der Waals surface area contributed by atoms with E-state index in [1.54, 1.807) is 5.70 Å². The van der Waals surface area contributed by atoms with Gasteiger partial charge >= 0.3 is 0 Å². The molecule has 2 fully saturated rings. The lowest BCUT2D eigenvalue weighted by atomic mass is 10.0. The Morgan fingerprint density at radius 1 is 1.04 bits per heavy atom. The predicted octanol–water partition coefficient (Wildman–Crippen LogP) is 2.54. The maximum absolute atomic E-state index is 4.92. The molecule has 4 nitrogen and oxygen atoms in total. The summed E-state index contributed by atoms with van der Waals surface area (Å²) in [5.41, 5.74) is 4.42. The summed E-state index contributed by atoms with van der Waals surface area (Å²) in [6.45, 7) is 6.84. The summed E-state index contributed by atoms with van der Waals surface area (Å²) in [6, 6.07) is 10.8. The second kappa shape index (κ2) is 6.01. The summed E-state index contributed by atoms with van der Waals surface area (Å²) in [6.07, 6.45) is 6.50. The first-order chi connectivity index (χ1) is 11.9. The zero-order valence-corrected chi connectivity index (χ0v) is 14.3. The predicted molar refractivity (Wildman–Crippen MR) is 96.6 cm³/mol. The molecule has 126 valence electrons. The number of hydrogen-bond acceptors (Lipinski definition) is 4. The van der Waals surface area contributed by atoms with Crippen LogP contribution in [0.25, 0.3) is 0 Å². The van der Waals surface area contributed by atoms with Crippen LogP contribution in [0.4, 0.5) is 0 Å². The van der Waals surface area contributed by atoms with E-state index in [1.807, 2.05) is 0 Å². The summed E-state index contributed by atoms with van der Waals surface area (Å²) in [7, 11) is 0. The van der Waals surface area contributed by atoms with E-state index in [0.29, 0.717) is 6.29 Å². The topological polar surface area (TPSA) is 22.1 Å². The zero-order valence-electron chi connectivity index (χ0n) is 14.3. The first-order valence-corrected chi connectivity index (χ1v) is 9.39. The van der Waals surface area contributed by atoms with Gasteiger partial charge in [-0.2, -0.15) is 0 Å². The fourth-order valence-corrected chi connectivity index (χ4v) is 4.34. The van der Waals surface area contributed by atoms with Crippen LogP contribution in [0.1, 0.15) is 24.8 Å². The third-order valence-electron chi connectivity index (χ3n) is 5.81. The van der Waals surface area contributed by atoms with E-state index in [0.717, 1.165) is 32.1 Å². The number of benzene rings is 1. The third-order valence-corrected chi connectivity index (χ3v) is 5.81. The van der Waals surface area contributed by atoms with Crippen LogP contribution >= 0.6 is 0 Å². The Balaban J connectivity index is 1.28. The van der Waals surface area contributed by atoms with Crippen molar-refractivity contribution in [2.45, 2.75) is 32.1 Å². The van der Waals surface area contributed by atoms with Gasteiger partial charge in [-0.25, -0.2) is 0 Å². The molecule has 0 radical (unpaired) electrons. The molecule has 0 spiro atoms. The summed E-state index contributed by atoms with van der Waals surface area (Å²) in [5, 5.41) is 0. The van der Waals surface area contributed by atoms with E-state index in [2.05, 4.69) is 51.2 Å². The molecular weight excluding hydrogens is 296 g/mol. The van der Waals surface area contributed by atoms with Gasteiger partial charge in [0.2, 0.25) is 0 Å². The van der Waals surface area contributed by atoms with Gasteiger partial charge in [-0.05, 0) is 24.3 Å². The van der Waals surface area contributed by atoms with Gasteiger partial charge < -0.3 is 4.90 Å². The Morgan fingerprint density at radius 2 is 1.92 bits per heavy atom. The molecule has 4 aliphatic rings. The van der Waals surface area contributed by atoms with Crippen LogP contribution in [0, 0.1) is 5.92 Å². The molecule has 0 bridgehead atoms. The van der Waals surface area contributed by atoms with Gasteiger partial charge in [0, 0.05) is 63.2 Å². The van der Waals surface area contributed by atoms with Crippen molar-refractivity contribution < 1.29 is 0 Å². The number of rotatable bonds is 4. The smallest absolute Gasteiger partial charge is 0.178 e. The third kappa shape index (κ3) is 2.78. The van der Waals surface area contributed by atoms with E-state index in [4.69, 9.17) is 4.99 Å². The SMILES string of the molecule is C1=NC2N(CC3CC3)CCN2C2=C1CN(Cc1ccccc1)CC2. The van der Waals surface area contributed by atoms with Crippen molar-refractivity contribution in [3.63, 3.8) is 0 Å². The molecule has 1 aromatic rings. The first kappa shape index (κ1) is 14.7. The average molecular weight is 322 g/mol. The molecular formula is C20H26N4. The second-order valence-electron chi connectivity index (χ2n) is 7.67. The average Bonchev–Trinajstić information content (AvgIpc) is 3.34. The van der Waals surface area contributed by atoms with Gasteiger partial charge in [0.15, 0.2) is 6.29 Å². The molecule has 24 heavy (non-hydrogen) atoms. The molecule has 5 rings (SSSR count). The van der Waals surface area contributed by atoms with Gasteiger partial charge in [-0.1, -0.05) is 30.3 Å². The molecule has 0 aromatic heterocycles. The largest absolute Gasteiger partial charge is 0.339 e. The van der Waals surface area contributed by atoms with Crippen molar-refractivity contribution in [2.75, 3.05) is 32.7 Å². The van der Waals surface area contributed by atoms with Crippen molar-refractivity contribution in [3.8, 4) is 0 Å². The quantitative estimate of drug-likeness (QED) is 0.850. The van der Waals surface area contributed by atoms with Crippen LogP contribution in [0.3, 0.4) is 0 Å². The van der Waals surface area contributed by atoms with E-state index in [1.165, 1.54) is 43.5 Å². The second-order valence-corrected chi connectivity index (χ2v) is 7.67. The molecule has 3 aliphatic heterocycles. The molecule has 4 heteroatoms. The molecule has 3 heterocycles. The van der Waals surface area contributed by atoms with E-state index < -0.39 is 0 Å². The number of aliphatic imine (C=N–C) groups is 1. The van der Waals surface area contributed by atoms with Crippen LogP contribution < -0.4 is 0 Å². The number of nitrogens with zero attached hydrogens (tertiary/aromatic N) is 4. The zero-order chi connectivity index (χ0) is 15.9. The van der Waals surface area contributed by atoms with Crippen LogP contribution in [-0.4, -0.2) is 59.9 Å². The molecule has 1 saturated heterocycles. The normalized spacial score (nSPS) is 27.5. The number of fused-ring (bicyclic) bond motifs is 2. The highest BCUT2D eigenvalue weighted by Crippen LogP contribution is 2.35. The minimum absolute atomic E-state index is 0.296. The van der Waals surface area contributed by atoms with Crippen LogP contribution in [-0.2, 0) is 6.54 Å². The highest BCUT2D eigenvalue weighted by molar-refractivity contribution is 5.81. The fourth-order valence-electron chi connectivity index (χ4n) is 4.34. The van der Waals surface area contributed by atoms with Gasteiger partial charge in [-0.3, -0.25) is 14.8 Å². The van der Waals surface area contributed by atoms with Crippen LogP contribution in [0.15, 0.2) is 46.6 Å². The van der Waals surface area contributed by atoms with Crippen molar-refractivity contribution in [2.24, 2.45) is 10.9 Å². The van der Waals surface area contributed by atoms with Gasteiger partial charge in [0.25, 0.3) is 0 Å². The Labute approximate surface area is 144 Å². The van der Waals surface area contributed by atoms with Gasteiger partial charge in [-0.15, -0.1) is 0 Å². The molecule has 1 aromatic carbocycles. The lowest BCUT2D eigenvalue weighted by Gasteiger charge is -2.39. The molecule has 0 N–H and O–H groups in total. The highest BCUT2D eigenvalue weighted by Gasteiger charge is 2.39. The minimum Gasteiger partial charge on any atom is -0.339 e.